The first-order valence-corrected chi connectivity index (χ1v) is 8.09. The van der Waals surface area contributed by atoms with E-state index in [1.54, 1.807) is 24.3 Å². The van der Waals surface area contributed by atoms with Crippen LogP contribution in [0.15, 0.2) is 33.9 Å². The van der Waals surface area contributed by atoms with Crippen LogP contribution in [0.4, 0.5) is 0 Å². The van der Waals surface area contributed by atoms with E-state index in [-0.39, 0.29) is 0 Å². The zero-order chi connectivity index (χ0) is 18.4. The number of unbranched alkanes of at least 4 members (excludes halogenated alkanes) is 1. The third-order valence-electron chi connectivity index (χ3n) is 3.53. The van der Waals surface area contributed by atoms with Crippen LogP contribution >= 0.6 is 0 Å². The van der Waals surface area contributed by atoms with Gasteiger partial charge in [0.2, 0.25) is 5.88 Å². The Bertz CT molecular complexity index is 852. The van der Waals surface area contributed by atoms with Crippen LogP contribution in [0.2, 0.25) is 0 Å². The Labute approximate surface area is 144 Å². The number of carbonyl (C=O) groups is 1. The number of hydrogen-bond donors (Lipinski definition) is 3. The zero-order valence-electron chi connectivity index (χ0n) is 14.2. The van der Waals surface area contributed by atoms with Crippen LogP contribution in [0.25, 0.3) is 5.69 Å². The molecule has 0 spiro atoms. The van der Waals surface area contributed by atoms with Crippen molar-refractivity contribution < 1.29 is 14.6 Å². The van der Waals surface area contributed by atoms with Crippen molar-refractivity contribution in [3.63, 3.8) is 0 Å². The fraction of sp³-hybridized carbons (Fsp3) is 0.353. The molecule has 1 heterocycles. The summed E-state index contributed by atoms with van der Waals surface area (Å²) in [6, 6.07) is 6.33. The van der Waals surface area contributed by atoms with Gasteiger partial charge in [0.1, 0.15) is 5.75 Å². The number of H-pyrrole nitrogens is 1. The smallest absolute Gasteiger partial charge is 0.335 e. The van der Waals surface area contributed by atoms with E-state index >= 15 is 0 Å². The molecule has 8 heteroatoms. The second kappa shape index (κ2) is 8.18. The first kappa shape index (κ1) is 18.3. The molecule has 0 saturated carbocycles. The van der Waals surface area contributed by atoms with Crippen molar-refractivity contribution in [1.29, 1.82) is 0 Å². The Morgan fingerprint density at radius 3 is 2.52 bits per heavy atom. The number of aromatic nitrogens is 2. The van der Waals surface area contributed by atoms with Crippen molar-refractivity contribution >= 4 is 5.91 Å². The molecule has 0 aliphatic carbocycles. The first-order valence-electron chi connectivity index (χ1n) is 8.09. The average Bonchev–Trinajstić information content (AvgIpc) is 2.56. The molecule has 0 atom stereocenters. The van der Waals surface area contributed by atoms with E-state index in [0.717, 1.165) is 17.4 Å². The van der Waals surface area contributed by atoms with Crippen LogP contribution in [0.1, 0.15) is 37.0 Å². The van der Waals surface area contributed by atoms with Gasteiger partial charge < -0.3 is 15.2 Å². The van der Waals surface area contributed by atoms with E-state index in [9.17, 15) is 19.5 Å². The maximum atomic E-state index is 12.2. The Balaban J connectivity index is 2.45. The summed E-state index contributed by atoms with van der Waals surface area (Å²) >= 11 is 0. The van der Waals surface area contributed by atoms with E-state index in [4.69, 9.17) is 4.74 Å². The van der Waals surface area contributed by atoms with Gasteiger partial charge in [-0.1, -0.05) is 13.3 Å². The summed E-state index contributed by atoms with van der Waals surface area (Å²) < 4.78 is 6.19. The number of ether oxygens (including phenoxy) is 1. The highest BCUT2D eigenvalue weighted by Gasteiger charge is 2.21. The van der Waals surface area contributed by atoms with Gasteiger partial charge in [-0.05, 0) is 37.6 Å². The lowest BCUT2D eigenvalue weighted by Gasteiger charge is -2.12. The second-order valence-corrected chi connectivity index (χ2v) is 5.33. The maximum absolute atomic E-state index is 12.2. The lowest BCUT2D eigenvalue weighted by molar-refractivity contribution is 0.0947. The van der Waals surface area contributed by atoms with Gasteiger partial charge >= 0.3 is 5.69 Å². The highest BCUT2D eigenvalue weighted by Crippen LogP contribution is 2.19. The van der Waals surface area contributed by atoms with Crippen LogP contribution in [0.3, 0.4) is 0 Å². The molecule has 0 aliphatic heterocycles. The van der Waals surface area contributed by atoms with Gasteiger partial charge in [-0.2, -0.15) is 0 Å². The molecule has 25 heavy (non-hydrogen) atoms. The number of carbonyl (C=O) groups excluding carboxylic acids is 1. The number of amides is 1. The third-order valence-corrected chi connectivity index (χ3v) is 3.53. The molecule has 1 aromatic carbocycles. The number of nitrogens with one attached hydrogen (secondary N) is 2. The molecular formula is C17H21N3O5. The largest absolute Gasteiger partial charge is 0.494 e. The fourth-order valence-corrected chi connectivity index (χ4v) is 2.29. The Kier molecular flexibility index (Phi) is 5.99. The number of rotatable bonds is 7. The summed E-state index contributed by atoms with van der Waals surface area (Å²) in [5.74, 6) is -0.834. The lowest BCUT2D eigenvalue weighted by atomic mass is 10.2. The summed E-state index contributed by atoms with van der Waals surface area (Å²) in [4.78, 5) is 38.3. The quantitative estimate of drug-likeness (QED) is 0.651. The number of hydrogen-bond acceptors (Lipinski definition) is 5. The van der Waals surface area contributed by atoms with Gasteiger partial charge in [-0.15, -0.1) is 0 Å². The van der Waals surface area contributed by atoms with Gasteiger partial charge in [0.15, 0.2) is 5.56 Å². The molecule has 3 N–H and O–H groups in total. The number of aromatic hydroxyl groups is 1. The molecule has 0 aliphatic rings. The van der Waals surface area contributed by atoms with Crippen LogP contribution in [-0.2, 0) is 0 Å². The topological polar surface area (TPSA) is 113 Å². The van der Waals surface area contributed by atoms with Gasteiger partial charge in [0, 0.05) is 6.54 Å². The average molecular weight is 347 g/mol. The Morgan fingerprint density at radius 2 is 1.92 bits per heavy atom. The first-order chi connectivity index (χ1) is 12.0. The second-order valence-electron chi connectivity index (χ2n) is 5.33. The van der Waals surface area contributed by atoms with Crippen LogP contribution in [0.5, 0.6) is 11.6 Å². The summed E-state index contributed by atoms with van der Waals surface area (Å²) in [6.07, 6.45) is 1.61. The van der Waals surface area contributed by atoms with Crippen molar-refractivity contribution in [2.45, 2.75) is 26.7 Å². The molecule has 2 rings (SSSR count). The molecule has 2 aromatic rings. The normalized spacial score (nSPS) is 10.5. The predicted octanol–water partition coefficient (Wildman–Crippen LogP) is 1.16. The van der Waals surface area contributed by atoms with E-state index in [1.807, 2.05) is 13.8 Å². The van der Waals surface area contributed by atoms with E-state index in [1.165, 1.54) is 0 Å². The van der Waals surface area contributed by atoms with Gasteiger partial charge in [-0.3, -0.25) is 14.6 Å². The number of nitrogens with zero attached hydrogens (tertiary/aromatic N) is 1. The monoisotopic (exact) mass is 347 g/mol. The molecule has 0 bridgehead atoms. The number of aromatic amines is 1. The van der Waals surface area contributed by atoms with Crippen LogP contribution < -0.4 is 21.3 Å². The third kappa shape index (κ3) is 4.09. The summed E-state index contributed by atoms with van der Waals surface area (Å²) in [5.41, 5.74) is -1.97. The highest BCUT2D eigenvalue weighted by molar-refractivity contribution is 5.96. The molecule has 0 unspecified atom stereocenters. The van der Waals surface area contributed by atoms with E-state index in [0.29, 0.717) is 24.6 Å². The minimum atomic E-state index is -0.932. The standard InChI is InChI=1S/C17H21N3O5/c1-3-5-10-18-14(21)13-15(22)19-17(24)20(16(13)23)11-6-8-12(9-7-11)25-4-2/h6-9,23H,3-5,10H2,1-2H3,(H,18,21)(H,19,22,24). The zero-order valence-corrected chi connectivity index (χ0v) is 14.2. The Hall–Kier alpha value is -3.03. The van der Waals surface area contributed by atoms with Crippen molar-refractivity contribution in [2.24, 2.45) is 0 Å². The predicted molar refractivity (Wildman–Crippen MR) is 92.7 cm³/mol. The summed E-state index contributed by atoms with van der Waals surface area (Å²) in [6.45, 7) is 4.67. The van der Waals surface area contributed by atoms with E-state index < -0.39 is 28.6 Å². The molecular weight excluding hydrogens is 326 g/mol. The van der Waals surface area contributed by atoms with Crippen LogP contribution in [-0.4, -0.2) is 33.7 Å². The minimum Gasteiger partial charge on any atom is -0.494 e. The molecule has 0 saturated heterocycles. The van der Waals surface area contributed by atoms with E-state index in [2.05, 4.69) is 10.3 Å². The molecule has 1 aromatic heterocycles. The molecule has 0 radical (unpaired) electrons. The molecule has 0 fully saturated rings. The van der Waals surface area contributed by atoms with Gasteiger partial charge in [-0.25, -0.2) is 9.36 Å². The van der Waals surface area contributed by atoms with Crippen molar-refractivity contribution in [3.8, 4) is 17.3 Å². The lowest BCUT2D eigenvalue weighted by Crippen LogP contribution is -2.37. The van der Waals surface area contributed by atoms with Crippen LogP contribution in [0, 0.1) is 0 Å². The Morgan fingerprint density at radius 1 is 1.24 bits per heavy atom. The van der Waals surface area contributed by atoms with Crippen molar-refractivity contribution in [1.82, 2.24) is 14.9 Å². The molecule has 134 valence electrons. The van der Waals surface area contributed by atoms with Gasteiger partial charge in [0.05, 0.1) is 12.3 Å². The molecule has 1 amide bonds. The van der Waals surface area contributed by atoms with Crippen molar-refractivity contribution in [3.05, 3.63) is 50.7 Å². The molecule has 8 nitrogen and oxygen atoms in total. The SMILES string of the molecule is CCCCNC(=O)c1c(O)n(-c2ccc(OCC)cc2)c(=O)[nH]c1=O. The summed E-state index contributed by atoms with van der Waals surface area (Å²) in [7, 11) is 0. The number of benzene rings is 1. The minimum absolute atomic E-state index is 0.296. The summed E-state index contributed by atoms with van der Waals surface area (Å²) in [5, 5.41) is 12.9. The van der Waals surface area contributed by atoms with Crippen molar-refractivity contribution in [2.75, 3.05) is 13.2 Å². The highest BCUT2D eigenvalue weighted by atomic mass is 16.5. The van der Waals surface area contributed by atoms with Gasteiger partial charge in [0.25, 0.3) is 11.5 Å². The fourth-order valence-electron chi connectivity index (χ4n) is 2.29. The maximum Gasteiger partial charge on any atom is 0.335 e.